The van der Waals surface area contributed by atoms with Crippen LogP contribution in [0, 0.1) is 6.92 Å². The predicted molar refractivity (Wildman–Crippen MR) is 84.5 cm³/mol. The van der Waals surface area contributed by atoms with Crippen molar-refractivity contribution in [3.8, 4) is 0 Å². The van der Waals surface area contributed by atoms with Gasteiger partial charge in [-0.15, -0.1) is 0 Å². The van der Waals surface area contributed by atoms with E-state index < -0.39 is 0 Å². The Morgan fingerprint density at radius 1 is 1.25 bits per heavy atom. The van der Waals surface area contributed by atoms with E-state index in [0.29, 0.717) is 16.6 Å². The Morgan fingerprint density at radius 3 is 2.80 bits per heavy atom. The summed E-state index contributed by atoms with van der Waals surface area (Å²) in [7, 11) is 0. The summed E-state index contributed by atoms with van der Waals surface area (Å²) >= 11 is 12.2. The third-order valence-corrected chi connectivity index (χ3v) is 4.01. The molecule has 0 atom stereocenters. The van der Waals surface area contributed by atoms with Crippen molar-refractivity contribution in [2.24, 2.45) is 0 Å². The number of aryl methyl sites for hydroxylation is 1. The summed E-state index contributed by atoms with van der Waals surface area (Å²) in [4.78, 5) is 0. The third kappa shape index (κ3) is 3.75. The van der Waals surface area contributed by atoms with E-state index in [9.17, 15) is 0 Å². The molecular weight excluding hydrogens is 293 g/mol. The van der Waals surface area contributed by atoms with Gasteiger partial charge in [0.05, 0.1) is 22.3 Å². The molecule has 0 bridgehead atoms. The van der Waals surface area contributed by atoms with Crippen molar-refractivity contribution < 1.29 is 0 Å². The first-order valence-electron chi connectivity index (χ1n) is 6.78. The predicted octanol–water partition coefficient (Wildman–Crippen LogP) is 4.05. The van der Waals surface area contributed by atoms with Gasteiger partial charge in [-0.1, -0.05) is 42.3 Å². The maximum Gasteiger partial charge on any atom is 0.0674 e. The summed E-state index contributed by atoms with van der Waals surface area (Å²) in [6.07, 6.45) is 3.19. The third-order valence-electron chi connectivity index (χ3n) is 3.15. The summed E-state index contributed by atoms with van der Waals surface area (Å²) in [6.45, 7) is 6.69. The zero-order chi connectivity index (χ0) is 14.5. The van der Waals surface area contributed by atoms with Gasteiger partial charge in [-0.3, -0.25) is 4.68 Å². The van der Waals surface area contributed by atoms with Gasteiger partial charge >= 0.3 is 0 Å². The van der Waals surface area contributed by atoms with Crippen LogP contribution in [-0.2, 0) is 13.1 Å². The zero-order valence-corrected chi connectivity index (χ0v) is 13.3. The molecule has 2 rings (SSSR count). The monoisotopic (exact) mass is 311 g/mol. The Morgan fingerprint density at radius 2 is 2.05 bits per heavy atom. The second-order valence-corrected chi connectivity index (χ2v) is 5.61. The quantitative estimate of drug-likeness (QED) is 0.816. The average molecular weight is 312 g/mol. The first-order valence-corrected chi connectivity index (χ1v) is 7.54. The standard InChI is InChI=1S/C15H19Cl2N3/c1-3-7-18-8-13-10-20(19-11(13)2)9-12-5-4-6-14(16)15(12)17/h4-6,10,18H,3,7-9H2,1-2H3. The number of halogens is 2. The van der Waals surface area contributed by atoms with Gasteiger partial charge in [0.2, 0.25) is 0 Å². The molecule has 0 amide bonds. The molecule has 0 unspecified atom stereocenters. The minimum absolute atomic E-state index is 0.581. The minimum Gasteiger partial charge on any atom is -0.313 e. The summed E-state index contributed by atoms with van der Waals surface area (Å²) < 4.78 is 1.91. The maximum absolute atomic E-state index is 6.21. The van der Waals surface area contributed by atoms with Crippen LogP contribution in [-0.4, -0.2) is 16.3 Å². The summed E-state index contributed by atoms with van der Waals surface area (Å²) in [5.41, 5.74) is 3.25. The normalized spacial score (nSPS) is 11.0. The van der Waals surface area contributed by atoms with Crippen LogP contribution in [0.5, 0.6) is 0 Å². The van der Waals surface area contributed by atoms with Gasteiger partial charge in [0.1, 0.15) is 0 Å². The number of hydrogen-bond donors (Lipinski definition) is 1. The Hall–Kier alpha value is -1.03. The van der Waals surface area contributed by atoms with Crippen molar-refractivity contribution in [1.29, 1.82) is 0 Å². The van der Waals surface area contributed by atoms with Crippen LogP contribution < -0.4 is 5.32 Å². The molecule has 1 N–H and O–H groups in total. The number of hydrogen-bond acceptors (Lipinski definition) is 2. The summed E-state index contributed by atoms with van der Waals surface area (Å²) in [5.74, 6) is 0. The molecule has 2 aromatic rings. The molecule has 0 radical (unpaired) electrons. The lowest BCUT2D eigenvalue weighted by atomic mass is 10.2. The highest BCUT2D eigenvalue weighted by atomic mass is 35.5. The molecule has 1 heterocycles. The topological polar surface area (TPSA) is 29.9 Å². The van der Waals surface area contributed by atoms with Gasteiger partial charge in [-0.25, -0.2) is 0 Å². The second-order valence-electron chi connectivity index (χ2n) is 4.83. The number of nitrogens with zero attached hydrogens (tertiary/aromatic N) is 2. The Balaban J connectivity index is 2.10. The number of benzene rings is 1. The molecule has 1 aromatic carbocycles. The largest absolute Gasteiger partial charge is 0.313 e. The Labute approximate surface area is 129 Å². The Kier molecular flexibility index (Phi) is 5.46. The van der Waals surface area contributed by atoms with Crippen molar-refractivity contribution in [1.82, 2.24) is 15.1 Å². The van der Waals surface area contributed by atoms with E-state index in [0.717, 1.165) is 30.8 Å². The molecule has 0 saturated carbocycles. The van der Waals surface area contributed by atoms with Crippen LogP contribution >= 0.6 is 23.2 Å². The number of nitrogens with one attached hydrogen (secondary N) is 1. The minimum atomic E-state index is 0.581. The van der Waals surface area contributed by atoms with Gasteiger partial charge in [-0.05, 0) is 31.5 Å². The van der Waals surface area contributed by atoms with E-state index in [4.69, 9.17) is 23.2 Å². The lowest BCUT2D eigenvalue weighted by molar-refractivity contribution is 0.668. The van der Waals surface area contributed by atoms with Crippen LogP contribution in [0.4, 0.5) is 0 Å². The first kappa shape index (κ1) is 15.4. The highest BCUT2D eigenvalue weighted by Crippen LogP contribution is 2.26. The SMILES string of the molecule is CCCNCc1cn(Cc2cccc(Cl)c2Cl)nc1C. The maximum atomic E-state index is 6.21. The highest BCUT2D eigenvalue weighted by Gasteiger charge is 2.08. The van der Waals surface area contributed by atoms with Crippen LogP contribution in [0.2, 0.25) is 10.0 Å². The molecule has 1 aromatic heterocycles. The van der Waals surface area contributed by atoms with Crippen LogP contribution in [0.3, 0.4) is 0 Å². The average Bonchev–Trinajstić information content (AvgIpc) is 2.76. The van der Waals surface area contributed by atoms with Gasteiger partial charge in [0, 0.05) is 18.3 Å². The number of rotatable bonds is 6. The second kappa shape index (κ2) is 7.11. The lowest BCUT2D eigenvalue weighted by Gasteiger charge is -2.05. The highest BCUT2D eigenvalue weighted by molar-refractivity contribution is 6.42. The fourth-order valence-electron chi connectivity index (χ4n) is 2.06. The van der Waals surface area contributed by atoms with Gasteiger partial charge in [-0.2, -0.15) is 5.10 Å². The smallest absolute Gasteiger partial charge is 0.0674 e. The van der Waals surface area contributed by atoms with Gasteiger partial charge < -0.3 is 5.32 Å². The summed E-state index contributed by atoms with van der Waals surface area (Å²) in [6, 6.07) is 5.67. The number of aromatic nitrogens is 2. The summed E-state index contributed by atoms with van der Waals surface area (Å²) in [5, 5.41) is 9.11. The molecule has 20 heavy (non-hydrogen) atoms. The molecule has 5 heteroatoms. The molecule has 0 spiro atoms. The molecule has 0 aliphatic rings. The van der Waals surface area contributed by atoms with Crippen LogP contribution in [0.15, 0.2) is 24.4 Å². The van der Waals surface area contributed by atoms with Crippen molar-refractivity contribution in [2.75, 3.05) is 6.54 Å². The fourth-order valence-corrected chi connectivity index (χ4v) is 2.44. The molecule has 0 fully saturated rings. The Bertz CT molecular complexity index is 578. The van der Waals surface area contributed by atoms with Crippen LogP contribution in [0.25, 0.3) is 0 Å². The van der Waals surface area contributed by atoms with Crippen molar-refractivity contribution in [3.05, 3.63) is 51.3 Å². The van der Waals surface area contributed by atoms with E-state index in [-0.39, 0.29) is 0 Å². The van der Waals surface area contributed by atoms with Crippen LogP contribution in [0.1, 0.15) is 30.2 Å². The molecular formula is C15H19Cl2N3. The first-order chi connectivity index (χ1) is 9.61. The van der Waals surface area contributed by atoms with Crippen molar-refractivity contribution in [3.63, 3.8) is 0 Å². The van der Waals surface area contributed by atoms with Gasteiger partial charge in [0.25, 0.3) is 0 Å². The van der Waals surface area contributed by atoms with E-state index in [1.807, 2.05) is 23.7 Å². The van der Waals surface area contributed by atoms with E-state index in [1.54, 1.807) is 6.07 Å². The lowest BCUT2D eigenvalue weighted by Crippen LogP contribution is -2.13. The van der Waals surface area contributed by atoms with Crippen molar-refractivity contribution in [2.45, 2.75) is 33.4 Å². The van der Waals surface area contributed by atoms with Crippen molar-refractivity contribution >= 4 is 23.2 Å². The molecule has 0 saturated heterocycles. The van der Waals surface area contributed by atoms with E-state index in [2.05, 4.69) is 23.5 Å². The zero-order valence-electron chi connectivity index (χ0n) is 11.8. The fraction of sp³-hybridized carbons (Fsp3) is 0.400. The molecule has 0 aliphatic carbocycles. The van der Waals surface area contributed by atoms with Gasteiger partial charge in [0.15, 0.2) is 0 Å². The molecule has 108 valence electrons. The van der Waals surface area contributed by atoms with E-state index >= 15 is 0 Å². The van der Waals surface area contributed by atoms with E-state index in [1.165, 1.54) is 5.56 Å². The molecule has 0 aliphatic heterocycles. The molecule has 3 nitrogen and oxygen atoms in total.